The number of nitro groups is 1. The van der Waals surface area contributed by atoms with E-state index >= 15 is 0 Å². The van der Waals surface area contributed by atoms with E-state index in [-0.39, 0.29) is 23.6 Å². The van der Waals surface area contributed by atoms with E-state index in [1.807, 2.05) is 12.1 Å². The number of benzene rings is 2. The molecule has 1 aliphatic carbocycles. The third-order valence-electron chi connectivity index (χ3n) is 5.27. The molecule has 0 amide bonds. The van der Waals surface area contributed by atoms with Crippen molar-refractivity contribution >= 4 is 17.3 Å². The normalized spacial score (nSPS) is 22.9. The molecule has 0 radical (unpaired) electrons. The van der Waals surface area contributed by atoms with Crippen molar-refractivity contribution in [2.24, 2.45) is 5.92 Å². The van der Waals surface area contributed by atoms with Crippen LogP contribution in [0.25, 0.3) is 0 Å². The molecule has 2 aromatic carbocycles. The predicted octanol–water partition coefficient (Wildman–Crippen LogP) is 4.21. The number of nitrogens with zero attached hydrogens (tertiary/aromatic N) is 1. The Morgan fingerprint density at radius 2 is 2.00 bits per heavy atom. The number of fused-ring (bicyclic) bond motifs is 3. The average molecular weight is 350 g/mol. The largest absolute Gasteiger partial charge is 0.465 e. The van der Waals surface area contributed by atoms with Gasteiger partial charge >= 0.3 is 5.97 Å². The third-order valence-corrected chi connectivity index (χ3v) is 5.27. The van der Waals surface area contributed by atoms with E-state index in [2.05, 4.69) is 17.5 Å². The summed E-state index contributed by atoms with van der Waals surface area (Å²) in [5.41, 5.74) is 3.43. The molecule has 1 aliphatic heterocycles. The standard InChI is InChI=1S/C20H18N2O4/c1-26-20(23)17-7-3-6-16-14-4-2-5-15(14)18(21-19(16)17)12-8-10-13(11-9-12)22(24)25/h2-4,6-11,14-15,18,21H,5H2,1H3. The number of carbonyl (C=O) groups is 1. The molecule has 1 N–H and O–H groups in total. The fourth-order valence-electron chi connectivity index (χ4n) is 4.03. The van der Waals surface area contributed by atoms with Gasteiger partial charge in [-0.1, -0.05) is 36.4 Å². The molecule has 0 bridgehead atoms. The molecule has 3 atom stereocenters. The van der Waals surface area contributed by atoms with Crippen molar-refractivity contribution in [1.29, 1.82) is 0 Å². The molecule has 2 aromatic rings. The molecule has 0 spiro atoms. The summed E-state index contributed by atoms with van der Waals surface area (Å²) in [6.07, 6.45) is 5.26. The highest BCUT2D eigenvalue weighted by Crippen LogP contribution is 2.50. The minimum Gasteiger partial charge on any atom is -0.465 e. The van der Waals surface area contributed by atoms with Gasteiger partial charge in [-0.15, -0.1) is 0 Å². The maximum atomic E-state index is 12.2. The SMILES string of the molecule is COC(=O)c1cccc2c1NC(c1ccc([N+](=O)[O-])cc1)C1CC=CC21. The quantitative estimate of drug-likeness (QED) is 0.388. The van der Waals surface area contributed by atoms with Gasteiger partial charge in [0.15, 0.2) is 0 Å². The van der Waals surface area contributed by atoms with Crippen molar-refractivity contribution in [3.63, 3.8) is 0 Å². The van der Waals surface area contributed by atoms with Crippen LogP contribution < -0.4 is 5.32 Å². The van der Waals surface area contributed by atoms with Crippen molar-refractivity contribution in [3.8, 4) is 0 Å². The number of hydrogen-bond acceptors (Lipinski definition) is 5. The number of esters is 1. The first-order valence-corrected chi connectivity index (χ1v) is 8.49. The fourth-order valence-corrected chi connectivity index (χ4v) is 4.03. The molecule has 2 aliphatic rings. The van der Waals surface area contributed by atoms with Crippen molar-refractivity contribution in [2.75, 3.05) is 12.4 Å². The van der Waals surface area contributed by atoms with Crippen LogP contribution in [0.4, 0.5) is 11.4 Å². The Bertz CT molecular complexity index is 905. The van der Waals surface area contributed by atoms with Gasteiger partial charge < -0.3 is 10.1 Å². The number of rotatable bonds is 3. The second-order valence-electron chi connectivity index (χ2n) is 6.59. The van der Waals surface area contributed by atoms with Gasteiger partial charge in [0.1, 0.15) is 0 Å². The first-order chi connectivity index (χ1) is 12.6. The highest BCUT2D eigenvalue weighted by atomic mass is 16.6. The fraction of sp³-hybridized carbons (Fsp3) is 0.250. The molecule has 26 heavy (non-hydrogen) atoms. The Kier molecular flexibility index (Phi) is 3.95. The van der Waals surface area contributed by atoms with E-state index in [0.717, 1.165) is 23.2 Å². The molecule has 1 heterocycles. The number of nitro benzene ring substituents is 1. The summed E-state index contributed by atoms with van der Waals surface area (Å²) < 4.78 is 4.92. The molecule has 0 aromatic heterocycles. The van der Waals surface area contributed by atoms with Crippen molar-refractivity contribution in [2.45, 2.75) is 18.4 Å². The highest BCUT2D eigenvalue weighted by molar-refractivity contribution is 5.97. The highest BCUT2D eigenvalue weighted by Gasteiger charge is 2.39. The lowest BCUT2D eigenvalue weighted by Gasteiger charge is -2.38. The van der Waals surface area contributed by atoms with Crippen LogP contribution in [-0.2, 0) is 4.74 Å². The summed E-state index contributed by atoms with van der Waals surface area (Å²) in [6.45, 7) is 0. The molecule has 4 rings (SSSR count). The lowest BCUT2D eigenvalue weighted by atomic mass is 9.76. The molecule has 0 saturated heterocycles. The second-order valence-corrected chi connectivity index (χ2v) is 6.59. The van der Waals surface area contributed by atoms with Gasteiger partial charge in [0, 0.05) is 18.1 Å². The molecule has 3 unspecified atom stereocenters. The van der Waals surface area contributed by atoms with Crippen molar-refractivity contribution in [3.05, 3.63) is 81.4 Å². The third kappa shape index (κ3) is 2.54. The van der Waals surface area contributed by atoms with Crippen LogP contribution in [0, 0.1) is 16.0 Å². The zero-order chi connectivity index (χ0) is 18.3. The summed E-state index contributed by atoms with van der Waals surface area (Å²) in [6, 6.07) is 12.3. The summed E-state index contributed by atoms with van der Waals surface area (Å²) in [4.78, 5) is 22.7. The molecular formula is C20H18N2O4. The number of carbonyl (C=O) groups excluding carboxylic acids is 1. The van der Waals surface area contributed by atoms with E-state index < -0.39 is 4.92 Å². The minimum atomic E-state index is -0.400. The second kappa shape index (κ2) is 6.29. The van der Waals surface area contributed by atoms with Crippen LogP contribution in [0.5, 0.6) is 0 Å². The topological polar surface area (TPSA) is 81.5 Å². The number of non-ortho nitro benzene ring substituents is 1. The van der Waals surface area contributed by atoms with Crippen molar-refractivity contribution < 1.29 is 14.5 Å². The minimum absolute atomic E-state index is 0.0332. The Morgan fingerprint density at radius 1 is 1.23 bits per heavy atom. The Hall–Kier alpha value is -3.15. The van der Waals surface area contributed by atoms with E-state index in [4.69, 9.17) is 4.74 Å². The molecule has 0 saturated carbocycles. The van der Waals surface area contributed by atoms with Crippen LogP contribution in [-0.4, -0.2) is 18.0 Å². The van der Waals surface area contributed by atoms with Gasteiger partial charge in [-0.2, -0.15) is 0 Å². The van der Waals surface area contributed by atoms with Crippen LogP contribution >= 0.6 is 0 Å². The number of allylic oxidation sites excluding steroid dienone is 2. The summed E-state index contributed by atoms with van der Waals surface area (Å²) in [5, 5.41) is 14.4. The van der Waals surface area contributed by atoms with Crippen LogP contribution in [0.1, 0.15) is 39.9 Å². The van der Waals surface area contributed by atoms with E-state index in [1.165, 1.54) is 19.2 Å². The number of anilines is 1. The molecule has 6 heteroatoms. The zero-order valence-corrected chi connectivity index (χ0v) is 14.2. The van der Waals surface area contributed by atoms with Gasteiger partial charge in [-0.25, -0.2) is 4.79 Å². The average Bonchev–Trinajstić information content (AvgIpc) is 3.16. The summed E-state index contributed by atoms with van der Waals surface area (Å²) in [7, 11) is 1.37. The number of ether oxygens (including phenoxy) is 1. The van der Waals surface area contributed by atoms with Gasteiger partial charge in [-0.3, -0.25) is 10.1 Å². The van der Waals surface area contributed by atoms with Crippen LogP contribution in [0.2, 0.25) is 0 Å². The lowest BCUT2D eigenvalue weighted by molar-refractivity contribution is -0.384. The van der Waals surface area contributed by atoms with E-state index in [1.54, 1.807) is 18.2 Å². The zero-order valence-electron chi connectivity index (χ0n) is 14.2. The van der Waals surface area contributed by atoms with E-state index in [9.17, 15) is 14.9 Å². The number of nitrogens with one attached hydrogen (secondary N) is 1. The molecular weight excluding hydrogens is 332 g/mol. The molecule has 0 fully saturated rings. The van der Waals surface area contributed by atoms with Gasteiger partial charge in [-0.05, 0) is 29.5 Å². The van der Waals surface area contributed by atoms with Gasteiger partial charge in [0.05, 0.1) is 29.3 Å². The molecule has 6 nitrogen and oxygen atoms in total. The predicted molar refractivity (Wildman–Crippen MR) is 97.2 cm³/mol. The number of para-hydroxylation sites is 1. The van der Waals surface area contributed by atoms with Crippen LogP contribution in [0.3, 0.4) is 0 Å². The Morgan fingerprint density at radius 3 is 2.69 bits per heavy atom. The summed E-state index contributed by atoms with van der Waals surface area (Å²) in [5.74, 6) is 0.130. The smallest absolute Gasteiger partial charge is 0.339 e. The maximum absolute atomic E-state index is 12.2. The van der Waals surface area contributed by atoms with E-state index in [0.29, 0.717) is 11.5 Å². The van der Waals surface area contributed by atoms with Gasteiger partial charge in [0.25, 0.3) is 5.69 Å². The monoisotopic (exact) mass is 350 g/mol. The Labute approximate surface area is 150 Å². The number of hydrogen-bond donors (Lipinski definition) is 1. The maximum Gasteiger partial charge on any atom is 0.339 e. The van der Waals surface area contributed by atoms with Crippen molar-refractivity contribution in [1.82, 2.24) is 0 Å². The first kappa shape index (κ1) is 16.3. The summed E-state index contributed by atoms with van der Waals surface area (Å²) >= 11 is 0. The number of methoxy groups -OCH3 is 1. The Balaban J connectivity index is 1.78. The molecule has 132 valence electrons. The first-order valence-electron chi connectivity index (χ1n) is 8.49. The van der Waals surface area contributed by atoms with Gasteiger partial charge in [0.2, 0.25) is 0 Å². The lowest BCUT2D eigenvalue weighted by Crippen LogP contribution is -2.30. The van der Waals surface area contributed by atoms with Crippen LogP contribution in [0.15, 0.2) is 54.6 Å².